The van der Waals surface area contributed by atoms with Crippen LogP contribution in [0.25, 0.3) is 0 Å². The number of benzene rings is 3. The standard InChI is InChI=1S/C41H44N4O9.2ClH/c1-51-38(47)23-34-20-30(8-4-16-53-39(48)22-32-6-3-7-33(19-32)26-43)18-31(21-34)9-5-17-54-41(50)44-35-24-36(40(49)52-2)45(27-35)37(46)15-14-28-10-12-29(25-42)13-11-28;;/h3,6-7,10-13,18-21,35-36H,14-17,22-27,42-43H2,1-2H3,(H,44,50);2*1H. The Morgan fingerprint density at radius 3 is 1.96 bits per heavy atom. The Kier molecular flexibility index (Phi) is 20.0. The lowest BCUT2D eigenvalue weighted by atomic mass is 10.0. The van der Waals surface area contributed by atoms with Crippen LogP contribution in [0, 0.1) is 23.7 Å². The Hall–Kier alpha value is -5.57. The zero-order valence-corrected chi connectivity index (χ0v) is 32.8. The number of amides is 2. The van der Waals surface area contributed by atoms with E-state index in [1.165, 1.54) is 19.1 Å². The van der Waals surface area contributed by atoms with Crippen LogP contribution in [0.4, 0.5) is 4.79 Å². The van der Waals surface area contributed by atoms with E-state index in [0.717, 1.165) is 22.3 Å². The fourth-order valence-electron chi connectivity index (χ4n) is 5.78. The molecule has 56 heavy (non-hydrogen) atoms. The van der Waals surface area contributed by atoms with Crippen molar-refractivity contribution in [2.75, 3.05) is 34.0 Å². The molecule has 15 heteroatoms. The molecular formula is C41H46Cl2N4O9. The van der Waals surface area contributed by atoms with Gasteiger partial charge in [0.15, 0.2) is 13.2 Å². The largest absolute Gasteiger partial charge is 0.469 e. The lowest BCUT2D eigenvalue weighted by Gasteiger charge is -2.22. The highest BCUT2D eigenvalue weighted by Crippen LogP contribution is 2.21. The van der Waals surface area contributed by atoms with Gasteiger partial charge >= 0.3 is 24.0 Å². The van der Waals surface area contributed by atoms with Crippen molar-refractivity contribution in [3.63, 3.8) is 0 Å². The number of rotatable bonds is 13. The maximum atomic E-state index is 13.1. The van der Waals surface area contributed by atoms with E-state index in [1.807, 2.05) is 48.5 Å². The molecule has 0 saturated carbocycles. The maximum Gasteiger partial charge on any atom is 0.408 e. The molecule has 4 rings (SSSR count). The van der Waals surface area contributed by atoms with Crippen LogP contribution in [-0.4, -0.2) is 80.9 Å². The Bertz CT molecular complexity index is 1950. The molecule has 298 valence electrons. The van der Waals surface area contributed by atoms with Gasteiger partial charge in [0.2, 0.25) is 5.91 Å². The topological polar surface area (TPSA) is 190 Å². The molecule has 1 aliphatic rings. The first-order chi connectivity index (χ1) is 26.1. The van der Waals surface area contributed by atoms with Crippen LogP contribution in [0.2, 0.25) is 0 Å². The van der Waals surface area contributed by atoms with Crippen molar-refractivity contribution in [2.24, 2.45) is 11.5 Å². The average molecular weight is 810 g/mol. The van der Waals surface area contributed by atoms with Crippen molar-refractivity contribution in [3.05, 3.63) is 106 Å². The van der Waals surface area contributed by atoms with E-state index in [2.05, 4.69) is 29.0 Å². The predicted octanol–water partition coefficient (Wildman–Crippen LogP) is 3.15. The minimum atomic E-state index is -0.840. The monoisotopic (exact) mass is 808 g/mol. The first-order valence-corrected chi connectivity index (χ1v) is 17.3. The summed E-state index contributed by atoms with van der Waals surface area (Å²) < 4.78 is 20.2. The second-order valence-electron chi connectivity index (χ2n) is 12.4. The molecule has 0 aromatic heterocycles. The van der Waals surface area contributed by atoms with Crippen LogP contribution in [0.5, 0.6) is 0 Å². The molecule has 0 spiro atoms. The third kappa shape index (κ3) is 14.9. The van der Waals surface area contributed by atoms with Gasteiger partial charge in [0.1, 0.15) is 6.04 Å². The molecule has 3 aromatic carbocycles. The number of hydrogen-bond acceptors (Lipinski definition) is 11. The van der Waals surface area contributed by atoms with E-state index in [0.29, 0.717) is 36.2 Å². The minimum Gasteiger partial charge on any atom is -0.469 e. The molecule has 0 radical (unpaired) electrons. The molecule has 1 saturated heterocycles. The Morgan fingerprint density at radius 1 is 0.732 bits per heavy atom. The van der Waals surface area contributed by atoms with E-state index in [9.17, 15) is 24.0 Å². The normalized spacial score (nSPS) is 13.9. The van der Waals surface area contributed by atoms with E-state index in [1.54, 1.807) is 18.2 Å². The van der Waals surface area contributed by atoms with Gasteiger partial charge in [-0.05, 0) is 52.4 Å². The van der Waals surface area contributed by atoms with Gasteiger partial charge in [0.25, 0.3) is 0 Å². The molecule has 13 nitrogen and oxygen atoms in total. The quantitative estimate of drug-likeness (QED) is 0.131. The van der Waals surface area contributed by atoms with Gasteiger partial charge in [0.05, 0.1) is 33.1 Å². The van der Waals surface area contributed by atoms with Gasteiger partial charge in [-0.3, -0.25) is 14.4 Å². The predicted molar refractivity (Wildman–Crippen MR) is 212 cm³/mol. The number of ether oxygens (including phenoxy) is 4. The van der Waals surface area contributed by atoms with Crippen molar-refractivity contribution in [3.8, 4) is 23.7 Å². The summed E-state index contributed by atoms with van der Waals surface area (Å²) in [5.41, 5.74) is 16.6. The molecule has 0 bridgehead atoms. The molecule has 2 atom stereocenters. The van der Waals surface area contributed by atoms with Crippen molar-refractivity contribution in [1.82, 2.24) is 10.2 Å². The lowest BCUT2D eigenvalue weighted by molar-refractivity contribution is -0.150. The van der Waals surface area contributed by atoms with Gasteiger partial charge in [0, 0.05) is 43.6 Å². The molecule has 2 amide bonds. The molecule has 1 heterocycles. The number of nitrogens with two attached hydrogens (primary N) is 2. The van der Waals surface area contributed by atoms with Crippen molar-refractivity contribution in [1.29, 1.82) is 0 Å². The number of aryl methyl sites for hydroxylation is 1. The number of carbonyl (C=O) groups is 5. The van der Waals surface area contributed by atoms with Crippen LogP contribution < -0.4 is 16.8 Å². The third-order valence-corrected chi connectivity index (χ3v) is 8.49. The van der Waals surface area contributed by atoms with Crippen LogP contribution in [0.3, 0.4) is 0 Å². The number of likely N-dealkylation sites (tertiary alicyclic amines) is 1. The van der Waals surface area contributed by atoms with Crippen LogP contribution in [-0.2, 0) is 70.5 Å². The number of esters is 3. The van der Waals surface area contributed by atoms with Crippen LogP contribution in [0.1, 0.15) is 51.8 Å². The van der Waals surface area contributed by atoms with E-state index in [4.69, 9.17) is 30.4 Å². The number of methoxy groups -OCH3 is 2. The molecule has 1 fully saturated rings. The van der Waals surface area contributed by atoms with Crippen molar-refractivity contribution < 1.29 is 42.9 Å². The molecule has 0 aliphatic carbocycles. The minimum absolute atomic E-state index is 0. The van der Waals surface area contributed by atoms with Crippen LogP contribution in [0.15, 0.2) is 66.7 Å². The van der Waals surface area contributed by atoms with E-state index >= 15 is 0 Å². The summed E-state index contributed by atoms with van der Waals surface area (Å²) in [7, 11) is 2.54. The van der Waals surface area contributed by atoms with Crippen LogP contribution >= 0.6 is 24.8 Å². The molecular weight excluding hydrogens is 763 g/mol. The van der Waals surface area contributed by atoms with Crippen molar-refractivity contribution in [2.45, 2.75) is 57.3 Å². The summed E-state index contributed by atoms with van der Waals surface area (Å²) in [5, 5.41) is 2.71. The number of hydrogen-bond donors (Lipinski definition) is 3. The summed E-state index contributed by atoms with van der Waals surface area (Å²) in [5.74, 6) is 9.73. The smallest absolute Gasteiger partial charge is 0.408 e. The number of carbonyl (C=O) groups excluding carboxylic acids is 5. The fourth-order valence-corrected chi connectivity index (χ4v) is 5.78. The third-order valence-electron chi connectivity index (χ3n) is 8.49. The molecule has 3 aromatic rings. The number of nitrogens with zero attached hydrogens (tertiary/aromatic N) is 1. The van der Waals surface area contributed by atoms with E-state index in [-0.39, 0.29) is 76.2 Å². The molecule has 1 aliphatic heterocycles. The summed E-state index contributed by atoms with van der Waals surface area (Å²) in [6, 6.07) is 18.7. The highest BCUT2D eigenvalue weighted by atomic mass is 35.5. The van der Waals surface area contributed by atoms with E-state index < -0.39 is 36.1 Å². The highest BCUT2D eigenvalue weighted by molar-refractivity contribution is 5.86. The number of nitrogens with one attached hydrogen (secondary N) is 1. The average Bonchev–Trinajstić information content (AvgIpc) is 3.60. The Morgan fingerprint density at radius 2 is 1.34 bits per heavy atom. The summed E-state index contributed by atoms with van der Waals surface area (Å²) in [4.78, 5) is 64.0. The zero-order valence-electron chi connectivity index (χ0n) is 31.2. The first-order valence-electron chi connectivity index (χ1n) is 17.3. The van der Waals surface area contributed by atoms with Crippen molar-refractivity contribution >= 4 is 54.7 Å². The zero-order chi connectivity index (χ0) is 38.9. The second-order valence-corrected chi connectivity index (χ2v) is 12.4. The van der Waals surface area contributed by atoms with Gasteiger partial charge < -0.3 is 40.6 Å². The van der Waals surface area contributed by atoms with Gasteiger partial charge in [-0.25, -0.2) is 9.59 Å². The first kappa shape index (κ1) is 46.6. The number of halogens is 2. The Balaban J connectivity index is 0.00000541. The van der Waals surface area contributed by atoms with Gasteiger partial charge in [-0.1, -0.05) is 72.2 Å². The molecule has 5 N–H and O–H groups in total. The van der Waals surface area contributed by atoms with Gasteiger partial charge in [-0.15, -0.1) is 24.8 Å². The summed E-state index contributed by atoms with van der Waals surface area (Å²) in [6.07, 6.45) is 0.126. The SMILES string of the molecule is COC(=O)Cc1cc(C#CCOC(=O)Cc2cccc(CN)c2)cc(C#CCOC(=O)NC2CC(C(=O)OC)N(C(=O)CCc3ccc(CN)cc3)C2)c1.Cl.Cl. The summed E-state index contributed by atoms with van der Waals surface area (Å²) >= 11 is 0. The number of alkyl carbamates (subject to hydrolysis) is 1. The Labute approximate surface area is 338 Å². The maximum absolute atomic E-state index is 13.1. The second kappa shape index (κ2) is 24.1. The molecule has 2 unspecified atom stereocenters. The van der Waals surface area contributed by atoms with Gasteiger partial charge in [-0.2, -0.15) is 0 Å². The summed E-state index contributed by atoms with van der Waals surface area (Å²) in [6.45, 7) is 0.505. The highest BCUT2D eigenvalue weighted by Gasteiger charge is 2.40. The lowest BCUT2D eigenvalue weighted by Crippen LogP contribution is -2.42. The fraction of sp³-hybridized carbons (Fsp3) is 0.341.